The van der Waals surface area contributed by atoms with Gasteiger partial charge in [-0.05, 0) is 102 Å². The van der Waals surface area contributed by atoms with E-state index in [9.17, 15) is 0 Å². The van der Waals surface area contributed by atoms with Gasteiger partial charge < -0.3 is 13.9 Å². The molecule has 0 spiro atoms. The van der Waals surface area contributed by atoms with Gasteiger partial charge in [-0.2, -0.15) is 0 Å². The first-order valence-corrected chi connectivity index (χ1v) is 16.3. The predicted molar refractivity (Wildman–Crippen MR) is 200 cm³/mol. The van der Waals surface area contributed by atoms with Crippen LogP contribution in [0.5, 0.6) is 0 Å². The molecule has 5 heteroatoms. The number of rotatable bonds is 7. The molecule has 2 heterocycles. The van der Waals surface area contributed by atoms with Crippen LogP contribution in [0.25, 0.3) is 61.5 Å². The van der Waals surface area contributed by atoms with Crippen molar-refractivity contribution in [3.8, 4) is 39.7 Å². The van der Waals surface area contributed by atoms with E-state index in [2.05, 4.69) is 153 Å². The highest BCUT2D eigenvalue weighted by Crippen LogP contribution is 2.38. The Labute approximate surface area is 284 Å². The first-order valence-electron chi connectivity index (χ1n) is 16.3. The number of benzene rings is 7. The minimum absolute atomic E-state index is 0.491. The van der Waals surface area contributed by atoms with Crippen molar-refractivity contribution in [2.75, 3.05) is 4.90 Å². The average molecular weight is 631 g/mol. The van der Waals surface area contributed by atoms with Gasteiger partial charge in [-0.3, -0.25) is 0 Å². The van der Waals surface area contributed by atoms with E-state index in [1.54, 1.807) is 0 Å². The second kappa shape index (κ2) is 12.1. The number of nitrogens with zero attached hydrogens (tertiary/aromatic N) is 4. The maximum atomic E-state index is 6.02. The third-order valence-electron chi connectivity index (χ3n) is 8.98. The summed E-state index contributed by atoms with van der Waals surface area (Å²) in [7, 11) is 0. The van der Waals surface area contributed by atoms with Gasteiger partial charge in [0.15, 0.2) is 0 Å². The van der Waals surface area contributed by atoms with Crippen molar-refractivity contribution in [1.82, 2.24) is 14.8 Å². The van der Waals surface area contributed by atoms with Crippen molar-refractivity contribution >= 4 is 38.9 Å². The van der Waals surface area contributed by atoms with Gasteiger partial charge in [-0.1, -0.05) is 91.0 Å². The molecular weight excluding hydrogens is 601 g/mol. The molecule has 9 rings (SSSR count). The molecular formula is C44H30N4O. The fraction of sp³-hybridized carbons (Fsp3) is 0. The van der Waals surface area contributed by atoms with Gasteiger partial charge in [-0.15, -0.1) is 10.2 Å². The lowest BCUT2D eigenvalue weighted by Crippen LogP contribution is -2.09. The summed E-state index contributed by atoms with van der Waals surface area (Å²) in [5.74, 6) is 0.997. The molecule has 0 saturated heterocycles. The number of para-hydroxylation sites is 3. The molecule has 0 aliphatic heterocycles. The van der Waals surface area contributed by atoms with Gasteiger partial charge in [-0.25, -0.2) is 0 Å². The van der Waals surface area contributed by atoms with E-state index >= 15 is 0 Å². The molecule has 0 bridgehead atoms. The first kappa shape index (κ1) is 28.5. The smallest absolute Gasteiger partial charge is 0.248 e. The lowest BCUT2D eigenvalue weighted by Gasteiger charge is -2.25. The summed E-state index contributed by atoms with van der Waals surface area (Å²) in [6.07, 6.45) is 0. The summed E-state index contributed by atoms with van der Waals surface area (Å²) in [6, 6.07) is 63.3. The maximum absolute atomic E-state index is 6.02. The zero-order valence-electron chi connectivity index (χ0n) is 26.5. The van der Waals surface area contributed by atoms with Crippen molar-refractivity contribution in [2.45, 2.75) is 0 Å². The fourth-order valence-corrected chi connectivity index (χ4v) is 6.63. The Bertz CT molecular complexity index is 2520. The molecule has 0 atom stereocenters. The molecule has 0 saturated carbocycles. The first-order chi connectivity index (χ1) is 24.3. The van der Waals surface area contributed by atoms with Crippen LogP contribution >= 0.6 is 0 Å². The fourth-order valence-electron chi connectivity index (χ4n) is 6.63. The largest absolute Gasteiger partial charge is 0.416 e. The third kappa shape index (κ3) is 5.24. The molecule has 0 amide bonds. The van der Waals surface area contributed by atoms with E-state index in [0.717, 1.165) is 39.4 Å². The maximum Gasteiger partial charge on any atom is 0.248 e. The van der Waals surface area contributed by atoms with E-state index in [1.165, 1.54) is 27.4 Å². The standard InChI is InChI=1S/C44H30N4O/c1-4-12-32(13-5-1)43-45-46-44(49-43)33-22-27-38(28-23-33)47(35-14-6-2-7-15-35)37-25-20-31(21-26-37)34-24-29-42-40(30-34)39-18-10-11-19-41(39)48(42)36-16-8-3-9-17-36/h1-30H. The van der Waals surface area contributed by atoms with E-state index in [4.69, 9.17) is 4.42 Å². The molecule has 0 aliphatic rings. The topological polar surface area (TPSA) is 47.1 Å². The Hall–Kier alpha value is -6.72. The van der Waals surface area contributed by atoms with Gasteiger partial charge in [0.2, 0.25) is 11.8 Å². The molecule has 0 unspecified atom stereocenters. The van der Waals surface area contributed by atoms with E-state index < -0.39 is 0 Å². The molecule has 49 heavy (non-hydrogen) atoms. The molecule has 0 fully saturated rings. The van der Waals surface area contributed by atoms with Crippen LogP contribution in [-0.2, 0) is 0 Å². The highest BCUT2D eigenvalue weighted by atomic mass is 16.4. The molecule has 2 aromatic heterocycles. The summed E-state index contributed by atoms with van der Waals surface area (Å²) in [4.78, 5) is 2.26. The molecule has 0 radical (unpaired) electrons. The number of fused-ring (bicyclic) bond motifs is 3. The van der Waals surface area contributed by atoms with Gasteiger partial charge in [0.1, 0.15) is 0 Å². The monoisotopic (exact) mass is 630 g/mol. The van der Waals surface area contributed by atoms with Crippen molar-refractivity contribution in [2.24, 2.45) is 0 Å². The second-order valence-corrected chi connectivity index (χ2v) is 12.0. The van der Waals surface area contributed by atoms with Crippen LogP contribution in [0.3, 0.4) is 0 Å². The van der Waals surface area contributed by atoms with E-state index in [0.29, 0.717) is 11.8 Å². The van der Waals surface area contributed by atoms with Crippen molar-refractivity contribution in [3.63, 3.8) is 0 Å². The van der Waals surface area contributed by atoms with Crippen LogP contribution < -0.4 is 4.90 Å². The van der Waals surface area contributed by atoms with Crippen LogP contribution in [-0.4, -0.2) is 14.8 Å². The average Bonchev–Trinajstić information content (AvgIpc) is 3.80. The van der Waals surface area contributed by atoms with Crippen LogP contribution in [0.2, 0.25) is 0 Å². The number of hydrogen-bond donors (Lipinski definition) is 0. The quantitative estimate of drug-likeness (QED) is 0.176. The van der Waals surface area contributed by atoms with Crippen molar-refractivity contribution in [3.05, 3.63) is 182 Å². The predicted octanol–water partition coefficient (Wildman–Crippen LogP) is 11.6. The normalized spacial score (nSPS) is 11.3. The second-order valence-electron chi connectivity index (χ2n) is 12.0. The van der Waals surface area contributed by atoms with Crippen LogP contribution in [0.1, 0.15) is 0 Å². The third-order valence-corrected chi connectivity index (χ3v) is 8.98. The van der Waals surface area contributed by atoms with E-state index in [1.807, 2.05) is 48.5 Å². The Kier molecular flexibility index (Phi) is 7.06. The van der Waals surface area contributed by atoms with Crippen LogP contribution in [0.15, 0.2) is 186 Å². The molecule has 7 aromatic carbocycles. The summed E-state index contributed by atoms with van der Waals surface area (Å²) in [5.41, 5.74) is 10.8. The molecule has 232 valence electrons. The molecule has 0 N–H and O–H groups in total. The summed E-state index contributed by atoms with van der Waals surface area (Å²) < 4.78 is 8.37. The zero-order chi connectivity index (χ0) is 32.6. The lowest BCUT2D eigenvalue weighted by molar-refractivity contribution is 0.584. The zero-order valence-corrected chi connectivity index (χ0v) is 26.5. The van der Waals surface area contributed by atoms with Gasteiger partial charge in [0.25, 0.3) is 0 Å². The summed E-state index contributed by atoms with van der Waals surface area (Å²) in [5, 5.41) is 11.1. The Morgan fingerprint density at radius 2 is 0.878 bits per heavy atom. The highest BCUT2D eigenvalue weighted by molar-refractivity contribution is 6.10. The molecule has 5 nitrogen and oxygen atoms in total. The van der Waals surface area contributed by atoms with Gasteiger partial charge in [0, 0.05) is 44.6 Å². The SMILES string of the molecule is c1ccc(-c2nnc(-c3ccc(N(c4ccccc4)c4ccc(-c5ccc6c(c5)c5ccccc5n6-c5ccccc5)cc4)cc3)o2)cc1. The molecule has 0 aliphatic carbocycles. The number of aromatic nitrogens is 3. The number of hydrogen-bond acceptors (Lipinski definition) is 4. The minimum Gasteiger partial charge on any atom is -0.416 e. The minimum atomic E-state index is 0.491. The summed E-state index contributed by atoms with van der Waals surface area (Å²) in [6.45, 7) is 0. The van der Waals surface area contributed by atoms with Gasteiger partial charge in [0.05, 0.1) is 11.0 Å². The van der Waals surface area contributed by atoms with Gasteiger partial charge >= 0.3 is 0 Å². The molecule has 9 aromatic rings. The Balaban J connectivity index is 1.06. The van der Waals surface area contributed by atoms with E-state index in [-0.39, 0.29) is 0 Å². The van der Waals surface area contributed by atoms with Crippen LogP contribution in [0.4, 0.5) is 17.1 Å². The van der Waals surface area contributed by atoms with Crippen molar-refractivity contribution in [1.29, 1.82) is 0 Å². The Morgan fingerprint density at radius 1 is 0.388 bits per heavy atom. The highest BCUT2D eigenvalue weighted by Gasteiger charge is 2.16. The number of anilines is 3. The van der Waals surface area contributed by atoms with Crippen LogP contribution in [0, 0.1) is 0 Å². The summed E-state index contributed by atoms with van der Waals surface area (Å²) >= 11 is 0. The Morgan fingerprint density at radius 3 is 1.55 bits per heavy atom. The van der Waals surface area contributed by atoms with Crippen molar-refractivity contribution < 1.29 is 4.42 Å². The lowest BCUT2D eigenvalue weighted by atomic mass is 10.0.